The van der Waals surface area contributed by atoms with Crippen molar-refractivity contribution in [3.63, 3.8) is 0 Å². The van der Waals surface area contributed by atoms with Gasteiger partial charge in [-0.15, -0.1) is 0 Å². The number of carboxylic acids is 1. The van der Waals surface area contributed by atoms with Crippen LogP contribution in [0.4, 0.5) is 0 Å². The van der Waals surface area contributed by atoms with E-state index in [0.29, 0.717) is 30.2 Å². The van der Waals surface area contributed by atoms with Gasteiger partial charge in [-0.1, -0.05) is 25.0 Å². The Bertz CT molecular complexity index is 989. The van der Waals surface area contributed by atoms with Gasteiger partial charge in [0.05, 0.1) is 29.9 Å². The van der Waals surface area contributed by atoms with Gasteiger partial charge in [-0.2, -0.15) is 5.10 Å². The molecule has 6 heteroatoms. The quantitative estimate of drug-likeness (QED) is 0.598. The van der Waals surface area contributed by atoms with Gasteiger partial charge < -0.3 is 14.9 Å². The van der Waals surface area contributed by atoms with Crippen LogP contribution in [0.5, 0.6) is 5.75 Å². The number of fused-ring (bicyclic) bond motifs is 1. The number of hydrogen-bond acceptors (Lipinski definition) is 4. The molecule has 0 aliphatic heterocycles. The van der Waals surface area contributed by atoms with Gasteiger partial charge in [0, 0.05) is 18.4 Å². The van der Waals surface area contributed by atoms with Gasteiger partial charge in [0.15, 0.2) is 0 Å². The summed E-state index contributed by atoms with van der Waals surface area (Å²) in [6, 6.07) is 11.7. The van der Waals surface area contributed by atoms with Crippen LogP contribution >= 0.6 is 0 Å². The standard InChI is InChI=1S/C22H24N2O4/c25-9-4-10-28-18-8-3-5-15(11-18)16-12-19(22(26)27)20-14-23-24(21(20)13-16)17-6-1-2-7-17/h3,5,8,11-14,17,25H,1-2,4,6-7,9-10H2,(H,26,27). The van der Waals surface area contributed by atoms with E-state index in [4.69, 9.17) is 9.84 Å². The van der Waals surface area contributed by atoms with Crippen LogP contribution in [0.1, 0.15) is 48.5 Å². The monoisotopic (exact) mass is 380 g/mol. The van der Waals surface area contributed by atoms with Crippen LogP contribution in [0, 0.1) is 0 Å². The van der Waals surface area contributed by atoms with E-state index in [2.05, 4.69) is 5.10 Å². The van der Waals surface area contributed by atoms with Crippen LogP contribution in [0.25, 0.3) is 22.0 Å². The number of rotatable bonds is 7. The minimum atomic E-state index is -0.951. The van der Waals surface area contributed by atoms with Crippen molar-refractivity contribution in [2.24, 2.45) is 0 Å². The van der Waals surface area contributed by atoms with Crippen LogP contribution < -0.4 is 4.74 Å². The molecule has 1 aromatic heterocycles. The first-order valence-electron chi connectivity index (χ1n) is 9.76. The first kappa shape index (κ1) is 18.5. The lowest BCUT2D eigenvalue weighted by molar-refractivity contribution is 0.0699. The van der Waals surface area contributed by atoms with E-state index >= 15 is 0 Å². The Balaban J connectivity index is 1.77. The molecule has 0 amide bonds. The first-order chi connectivity index (χ1) is 13.7. The van der Waals surface area contributed by atoms with Crippen molar-refractivity contribution in [3.05, 3.63) is 48.2 Å². The highest BCUT2D eigenvalue weighted by molar-refractivity contribution is 6.04. The summed E-state index contributed by atoms with van der Waals surface area (Å²) in [4.78, 5) is 11.9. The fraction of sp³-hybridized carbons (Fsp3) is 0.364. The third-order valence-electron chi connectivity index (χ3n) is 5.36. The zero-order chi connectivity index (χ0) is 19.5. The Morgan fingerprint density at radius 3 is 2.75 bits per heavy atom. The molecule has 2 N–H and O–H groups in total. The van der Waals surface area contributed by atoms with Crippen LogP contribution in [0.3, 0.4) is 0 Å². The number of benzene rings is 2. The average Bonchev–Trinajstić information content (AvgIpc) is 3.37. The number of aliphatic hydroxyl groups excluding tert-OH is 1. The summed E-state index contributed by atoms with van der Waals surface area (Å²) < 4.78 is 7.67. The smallest absolute Gasteiger partial charge is 0.336 e. The second-order valence-electron chi connectivity index (χ2n) is 7.24. The molecule has 1 saturated carbocycles. The van der Waals surface area contributed by atoms with Gasteiger partial charge in [0.25, 0.3) is 0 Å². The van der Waals surface area contributed by atoms with Crippen molar-refractivity contribution in [2.75, 3.05) is 13.2 Å². The zero-order valence-corrected chi connectivity index (χ0v) is 15.7. The molecule has 3 aromatic rings. The number of nitrogens with zero attached hydrogens (tertiary/aromatic N) is 2. The zero-order valence-electron chi connectivity index (χ0n) is 15.7. The topological polar surface area (TPSA) is 84.6 Å². The predicted molar refractivity (Wildman–Crippen MR) is 107 cm³/mol. The molecule has 2 aromatic carbocycles. The van der Waals surface area contributed by atoms with Crippen molar-refractivity contribution < 1.29 is 19.7 Å². The molecule has 1 fully saturated rings. The van der Waals surface area contributed by atoms with Crippen LogP contribution in [0.2, 0.25) is 0 Å². The highest BCUT2D eigenvalue weighted by Gasteiger charge is 2.22. The summed E-state index contributed by atoms with van der Waals surface area (Å²) in [5.41, 5.74) is 2.86. The molecule has 1 aliphatic carbocycles. The predicted octanol–water partition coefficient (Wildman–Crippen LogP) is 4.28. The lowest BCUT2D eigenvalue weighted by Crippen LogP contribution is -2.06. The lowest BCUT2D eigenvalue weighted by Gasteiger charge is -2.13. The van der Waals surface area contributed by atoms with Gasteiger partial charge in [0.2, 0.25) is 0 Å². The Labute approximate surface area is 163 Å². The summed E-state index contributed by atoms with van der Waals surface area (Å²) in [5.74, 6) is -0.250. The van der Waals surface area contributed by atoms with E-state index in [1.54, 1.807) is 12.3 Å². The molecule has 28 heavy (non-hydrogen) atoms. The number of ether oxygens (including phenoxy) is 1. The molecular formula is C22H24N2O4. The number of hydrogen-bond donors (Lipinski definition) is 2. The third-order valence-corrected chi connectivity index (χ3v) is 5.36. The summed E-state index contributed by atoms with van der Waals surface area (Å²) in [6.07, 6.45) is 6.78. The molecule has 6 nitrogen and oxygen atoms in total. The molecule has 1 aliphatic rings. The maximum absolute atomic E-state index is 11.9. The van der Waals surface area contributed by atoms with Crippen LogP contribution in [-0.2, 0) is 0 Å². The van der Waals surface area contributed by atoms with Crippen molar-refractivity contribution in [1.82, 2.24) is 9.78 Å². The molecule has 4 rings (SSSR count). The van der Waals surface area contributed by atoms with Crippen molar-refractivity contribution in [3.8, 4) is 16.9 Å². The molecular weight excluding hydrogens is 356 g/mol. The fourth-order valence-corrected chi connectivity index (χ4v) is 3.95. The molecule has 0 unspecified atom stereocenters. The van der Waals surface area contributed by atoms with Gasteiger partial charge in [-0.3, -0.25) is 4.68 Å². The molecule has 0 saturated heterocycles. The molecule has 0 spiro atoms. The molecule has 146 valence electrons. The minimum Gasteiger partial charge on any atom is -0.493 e. The van der Waals surface area contributed by atoms with Gasteiger partial charge in [-0.25, -0.2) is 4.79 Å². The summed E-state index contributed by atoms with van der Waals surface area (Å²) >= 11 is 0. The number of carboxylic acid groups (broad SMARTS) is 1. The number of carbonyl (C=O) groups is 1. The minimum absolute atomic E-state index is 0.0868. The SMILES string of the molecule is O=C(O)c1cc(-c2cccc(OCCCO)c2)cc2c1cnn2C1CCCC1. The molecule has 0 atom stereocenters. The van der Waals surface area contributed by atoms with E-state index < -0.39 is 5.97 Å². The number of aromatic carboxylic acids is 1. The molecule has 0 bridgehead atoms. The van der Waals surface area contributed by atoms with Crippen molar-refractivity contribution in [2.45, 2.75) is 38.1 Å². The Kier molecular flexibility index (Phi) is 5.30. The van der Waals surface area contributed by atoms with Gasteiger partial charge in [0.1, 0.15) is 5.75 Å². The first-order valence-corrected chi connectivity index (χ1v) is 9.76. The van der Waals surface area contributed by atoms with Crippen LogP contribution in [0.15, 0.2) is 42.6 Å². The Hall–Kier alpha value is -2.86. The van der Waals surface area contributed by atoms with Gasteiger partial charge in [-0.05, 0) is 48.2 Å². The van der Waals surface area contributed by atoms with Crippen LogP contribution in [-0.4, -0.2) is 39.2 Å². The molecule has 1 heterocycles. The second kappa shape index (κ2) is 8.02. The van der Waals surface area contributed by atoms with Gasteiger partial charge >= 0.3 is 5.97 Å². The largest absolute Gasteiger partial charge is 0.493 e. The maximum Gasteiger partial charge on any atom is 0.336 e. The van der Waals surface area contributed by atoms with Crippen molar-refractivity contribution >= 4 is 16.9 Å². The third kappa shape index (κ3) is 3.60. The maximum atomic E-state index is 11.9. The van der Waals surface area contributed by atoms with E-state index in [-0.39, 0.29) is 12.2 Å². The number of aromatic nitrogens is 2. The van der Waals surface area contributed by atoms with E-state index in [0.717, 1.165) is 29.5 Å². The number of aliphatic hydroxyl groups is 1. The van der Waals surface area contributed by atoms with Crippen molar-refractivity contribution in [1.29, 1.82) is 0 Å². The highest BCUT2D eigenvalue weighted by atomic mass is 16.5. The summed E-state index contributed by atoms with van der Waals surface area (Å²) in [7, 11) is 0. The highest BCUT2D eigenvalue weighted by Crippen LogP contribution is 2.35. The molecule has 0 radical (unpaired) electrons. The Morgan fingerprint density at radius 2 is 2.00 bits per heavy atom. The lowest BCUT2D eigenvalue weighted by atomic mass is 10.00. The second-order valence-corrected chi connectivity index (χ2v) is 7.24. The summed E-state index contributed by atoms with van der Waals surface area (Å²) in [5, 5.41) is 23.9. The van der Waals surface area contributed by atoms with E-state index in [1.165, 1.54) is 12.8 Å². The Morgan fingerprint density at radius 1 is 1.18 bits per heavy atom. The van der Waals surface area contributed by atoms with E-state index in [1.807, 2.05) is 35.0 Å². The van der Waals surface area contributed by atoms with E-state index in [9.17, 15) is 9.90 Å². The normalized spacial score (nSPS) is 14.6. The summed E-state index contributed by atoms with van der Waals surface area (Å²) in [6.45, 7) is 0.525. The fourth-order valence-electron chi connectivity index (χ4n) is 3.95. The average molecular weight is 380 g/mol.